The van der Waals surface area contributed by atoms with E-state index in [0.717, 1.165) is 19.6 Å². The summed E-state index contributed by atoms with van der Waals surface area (Å²) in [7, 11) is 1.51. The number of para-hydroxylation sites is 1. The predicted octanol–water partition coefficient (Wildman–Crippen LogP) is 1.73. The number of quaternary nitrogens is 1. The monoisotopic (exact) mass is 452 g/mol. The number of furan rings is 2. The molecule has 0 spiro atoms. The van der Waals surface area contributed by atoms with Crippen molar-refractivity contribution in [1.82, 2.24) is 4.90 Å². The highest BCUT2D eigenvalue weighted by Crippen LogP contribution is 2.39. The van der Waals surface area contributed by atoms with Gasteiger partial charge in [-0.15, -0.1) is 0 Å². The number of fused-ring (bicyclic) bond motifs is 1. The summed E-state index contributed by atoms with van der Waals surface area (Å²) < 4.78 is 16.6. The molecule has 1 aromatic carbocycles. The summed E-state index contributed by atoms with van der Waals surface area (Å²) in [6, 6.07) is 9.33. The standard InChI is InChI=1S/C25H28N2O6/c1-4-26(5-2)12-8-13-27-21(17-11-7-14-32-17)20(23(29)25(27)30)22(28)19-15-16-9-6-10-18(31-3)24(16)33-19/h6-7,9-11,14-15,21,29H,4-5,8,12-13H2,1-3H3. The number of hydrogen-bond donors (Lipinski definition) is 1. The highest BCUT2D eigenvalue weighted by molar-refractivity contribution is 6.15. The first-order valence-corrected chi connectivity index (χ1v) is 11.2. The fraction of sp³-hybridized carbons (Fsp3) is 0.360. The van der Waals surface area contributed by atoms with E-state index in [9.17, 15) is 14.7 Å². The van der Waals surface area contributed by atoms with Gasteiger partial charge in [0, 0.05) is 23.9 Å². The summed E-state index contributed by atoms with van der Waals surface area (Å²) in [5.74, 6) is -1.29. The van der Waals surface area contributed by atoms with E-state index in [1.807, 2.05) is 0 Å². The molecule has 1 aliphatic rings. The van der Waals surface area contributed by atoms with E-state index < -0.39 is 23.5 Å². The number of ketones is 1. The first-order valence-electron chi connectivity index (χ1n) is 11.2. The minimum Gasteiger partial charge on any atom is -0.868 e. The number of hydrogen-bond acceptors (Lipinski definition) is 6. The van der Waals surface area contributed by atoms with Crippen LogP contribution in [0.5, 0.6) is 5.75 Å². The van der Waals surface area contributed by atoms with Crippen molar-refractivity contribution in [2.45, 2.75) is 26.3 Å². The average Bonchev–Trinajstić information content (AvgIpc) is 3.56. The van der Waals surface area contributed by atoms with Crippen LogP contribution in [0, 0.1) is 0 Å². The van der Waals surface area contributed by atoms with E-state index in [1.165, 1.54) is 23.2 Å². The highest BCUT2D eigenvalue weighted by atomic mass is 16.5. The Morgan fingerprint density at radius 3 is 2.67 bits per heavy atom. The third-order valence-electron chi connectivity index (χ3n) is 6.22. The van der Waals surface area contributed by atoms with Crippen molar-refractivity contribution in [3.05, 3.63) is 65.5 Å². The Labute approximate surface area is 192 Å². The van der Waals surface area contributed by atoms with Gasteiger partial charge in [-0.3, -0.25) is 9.59 Å². The van der Waals surface area contributed by atoms with Crippen LogP contribution in [0.25, 0.3) is 11.0 Å². The zero-order valence-electron chi connectivity index (χ0n) is 19.1. The molecule has 2 aromatic heterocycles. The number of carbonyl (C=O) groups excluding carboxylic acids is 2. The van der Waals surface area contributed by atoms with Crippen molar-refractivity contribution in [2.75, 3.05) is 33.3 Å². The largest absolute Gasteiger partial charge is 0.868 e. The van der Waals surface area contributed by atoms with E-state index in [0.29, 0.717) is 35.4 Å². The zero-order chi connectivity index (χ0) is 23.5. The first kappa shape index (κ1) is 22.7. The predicted molar refractivity (Wildman–Crippen MR) is 119 cm³/mol. The summed E-state index contributed by atoms with van der Waals surface area (Å²) in [4.78, 5) is 29.3. The quantitative estimate of drug-likeness (QED) is 0.470. The maximum absolute atomic E-state index is 13.5. The van der Waals surface area contributed by atoms with Crippen molar-refractivity contribution >= 4 is 22.7 Å². The highest BCUT2D eigenvalue weighted by Gasteiger charge is 2.41. The summed E-state index contributed by atoms with van der Waals surface area (Å²) in [5, 5.41) is 13.7. The molecule has 0 bridgehead atoms. The number of carbonyl (C=O) groups is 2. The van der Waals surface area contributed by atoms with Gasteiger partial charge >= 0.3 is 0 Å². The fourth-order valence-corrected chi connectivity index (χ4v) is 4.39. The molecular weight excluding hydrogens is 424 g/mol. The maximum Gasteiger partial charge on any atom is 0.240 e. The number of nitrogens with one attached hydrogen (secondary N) is 1. The Hall–Kier alpha value is -3.52. The van der Waals surface area contributed by atoms with Crippen LogP contribution in [0.1, 0.15) is 42.6 Å². The molecule has 0 radical (unpaired) electrons. The van der Waals surface area contributed by atoms with Crippen LogP contribution >= 0.6 is 0 Å². The van der Waals surface area contributed by atoms with Gasteiger partial charge in [-0.25, -0.2) is 0 Å². The topological polar surface area (TPSA) is 100 Å². The van der Waals surface area contributed by atoms with Crippen LogP contribution < -0.4 is 14.7 Å². The third kappa shape index (κ3) is 4.14. The van der Waals surface area contributed by atoms with Crippen molar-refractivity contribution in [3.8, 4) is 5.75 Å². The van der Waals surface area contributed by atoms with E-state index in [2.05, 4.69) is 13.8 Å². The Bertz CT molecular complexity index is 1170. The van der Waals surface area contributed by atoms with Gasteiger partial charge in [0.05, 0.1) is 33.0 Å². The zero-order valence-corrected chi connectivity index (χ0v) is 19.1. The van der Waals surface area contributed by atoms with Crippen molar-refractivity contribution < 1.29 is 33.2 Å². The molecule has 0 aliphatic carbocycles. The van der Waals surface area contributed by atoms with Gasteiger partial charge in [-0.2, -0.15) is 0 Å². The maximum atomic E-state index is 13.5. The molecule has 1 amide bonds. The molecule has 0 saturated carbocycles. The molecule has 3 heterocycles. The normalized spacial score (nSPS) is 16.4. The Morgan fingerprint density at radius 1 is 1.21 bits per heavy atom. The van der Waals surface area contributed by atoms with Crippen LogP contribution in [0.15, 0.2) is 62.8 Å². The number of methoxy groups -OCH3 is 1. The van der Waals surface area contributed by atoms with Crippen LogP contribution in [0.2, 0.25) is 0 Å². The van der Waals surface area contributed by atoms with Gasteiger partial charge in [0.2, 0.25) is 11.7 Å². The molecule has 33 heavy (non-hydrogen) atoms. The smallest absolute Gasteiger partial charge is 0.240 e. The van der Waals surface area contributed by atoms with Gasteiger partial charge in [-0.05, 0) is 43.9 Å². The minimum atomic E-state index is -0.880. The Morgan fingerprint density at radius 2 is 2.00 bits per heavy atom. The summed E-state index contributed by atoms with van der Waals surface area (Å²) in [6.45, 7) is 7.41. The van der Waals surface area contributed by atoms with E-state index in [4.69, 9.17) is 13.6 Å². The lowest BCUT2D eigenvalue weighted by Gasteiger charge is -2.26. The number of rotatable bonds is 10. The molecular formula is C25H28N2O6. The second-order valence-electron chi connectivity index (χ2n) is 8.04. The van der Waals surface area contributed by atoms with Crippen molar-refractivity contribution in [2.24, 2.45) is 0 Å². The molecule has 1 unspecified atom stereocenters. The molecule has 8 heteroatoms. The van der Waals surface area contributed by atoms with Crippen molar-refractivity contribution in [3.63, 3.8) is 0 Å². The SMILES string of the molecule is CC[NH+](CC)CCCN1C(=O)C([O-])=C(C(=O)c2cc3cccc(OC)c3o2)C1c1ccco1. The average molecular weight is 453 g/mol. The van der Waals surface area contributed by atoms with Gasteiger partial charge in [0.15, 0.2) is 17.1 Å². The van der Waals surface area contributed by atoms with Crippen LogP contribution in [0.3, 0.4) is 0 Å². The molecule has 0 fully saturated rings. The first-order chi connectivity index (χ1) is 16.0. The lowest BCUT2D eigenvalue weighted by Crippen LogP contribution is -3.11. The molecule has 8 nitrogen and oxygen atoms in total. The second kappa shape index (κ2) is 9.54. The molecule has 174 valence electrons. The molecule has 3 aromatic rings. The van der Waals surface area contributed by atoms with E-state index in [-0.39, 0.29) is 11.3 Å². The van der Waals surface area contributed by atoms with Crippen LogP contribution in [-0.4, -0.2) is 49.9 Å². The Kier molecular flexibility index (Phi) is 6.55. The van der Waals surface area contributed by atoms with Crippen LogP contribution in [-0.2, 0) is 4.79 Å². The number of Topliss-reactive ketones (excluding diaryl/α,β-unsaturated/α-hetero) is 1. The lowest BCUT2D eigenvalue weighted by atomic mass is 9.99. The molecule has 1 aliphatic heterocycles. The summed E-state index contributed by atoms with van der Waals surface area (Å²) in [5.41, 5.74) is 0.262. The van der Waals surface area contributed by atoms with Gasteiger partial charge in [0.1, 0.15) is 11.8 Å². The van der Waals surface area contributed by atoms with Gasteiger partial charge < -0.3 is 28.5 Å². The molecule has 0 saturated heterocycles. The third-order valence-corrected chi connectivity index (χ3v) is 6.22. The summed E-state index contributed by atoms with van der Waals surface area (Å²) >= 11 is 0. The minimum absolute atomic E-state index is 0.0170. The second-order valence-corrected chi connectivity index (χ2v) is 8.04. The summed E-state index contributed by atoms with van der Waals surface area (Å²) in [6.07, 6.45) is 2.17. The van der Waals surface area contributed by atoms with E-state index in [1.54, 1.807) is 36.4 Å². The number of nitrogens with zero attached hydrogens (tertiary/aromatic N) is 1. The Balaban J connectivity index is 1.67. The van der Waals surface area contributed by atoms with Gasteiger partial charge in [-0.1, -0.05) is 12.1 Å². The molecule has 1 N–H and O–H groups in total. The lowest BCUT2D eigenvalue weighted by molar-refractivity contribution is -0.896. The number of amides is 1. The fourth-order valence-electron chi connectivity index (χ4n) is 4.39. The van der Waals surface area contributed by atoms with Crippen LogP contribution in [0.4, 0.5) is 0 Å². The van der Waals surface area contributed by atoms with Gasteiger partial charge in [0.25, 0.3) is 0 Å². The van der Waals surface area contributed by atoms with Crippen molar-refractivity contribution in [1.29, 1.82) is 0 Å². The number of benzene rings is 1. The molecule has 1 atom stereocenters. The van der Waals surface area contributed by atoms with E-state index >= 15 is 0 Å². The number of ether oxygens (including phenoxy) is 1. The molecule has 4 rings (SSSR count).